The molecule has 2 saturated heterocycles. The molecule has 0 aromatic heterocycles. The van der Waals surface area contributed by atoms with Gasteiger partial charge in [-0.1, -0.05) is 29.8 Å². The Morgan fingerprint density at radius 2 is 1.81 bits per heavy atom. The minimum absolute atomic E-state index is 0.0651. The number of benzene rings is 1. The zero-order valence-corrected chi connectivity index (χ0v) is 15.6. The van der Waals surface area contributed by atoms with Gasteiger partial charge in [0.05, 0.1) is 6.54 Å². The number of likely N-dealkylation sites (tertiary alicyclic amines) is 1. The summed E-state index contributed by atoms with van der Waals surface area (Å²) in [4.78, 5) is 30.1. The van der Waals surface area contributed by atoms with Crippen LogP contribution in [0.2, 0.25) is 0 Å². The van der Waals surface area contributed by atoms with E-state index in [1.165, 1.54) is 11.1 Å². The van der Waals surface area contributed by atoms with Gasteiger partial charge in [0.25, 0.3) is 0 Å². The van der Waals surface area contributed by atoms with Gasteiger partial charge >= 0.3 is 5.97 Å². The Labute approximate surface area is 155 Å². The maximum absolute atomic E-state index is 12.7. The number of aliphatic carboxylic acids is 1. The third-order valence-corrected chi connectivity index (χ3v) is 5.46. The molecule has 3 rings (SSSR count). The number of aryl methyl sites for hydroxylation is 1. The maximum Gasteiger partial charge on any atom is 0.320 e. The van der Waals surface area contributed by atoms with E-state index in [0.29, 0.717) is 13.0 Å². The summed E-state index contributed by atoms with van der Waals surface area (Å²) in [7, 11) is 0. The highest BCUT2D eigenvalue weighted by atomic mass is 16.4. The second kappa shape index (κ2) is 8.64. The van der Waals surface area contributed by atoms with Crippen LogP contribution in [0, 0.1) is 6.92 Å². The van der Waals surface area contributed by atoms with Gasteiger partial charge in [0.15, 0.2) is 0 Å². The van der Waals surface area contributed by atoms with Crippen molar-refractivity contribution in [2.75, 3.05) is 39.3 Å². The number of hydrogen-bond acceptors (Lipinski definition) is 4. The van der Waals surface area contributed by atoms with Gasteiger partial charge in [-0.2, -0.15) is 0 Å². The first-order chi connectivity index (χ1) is 12.5. The molecule has 2 fully saturated rings. The normalized spacial score (nSPS) is 22.3. The number of hydrogen-bond donors (Lipinski definition) is 1. The SMILES string of the molecule is Cc1ccc(CN2CCCN(C(=O)CN3CCC[C@@H]3C(=O)O)CC2)cc1. The van der Waals surface area contributed by atoms with Gasteiger partial charge < -0.3 is 10.0 Å². The molecule has 0 radical (unpaired) electrons. The molecule has 1 amide bonds. The van der Waals surface area contributed by atoms with E-state index in [0.717, 1.165) is 45.6 Å². The molecule has 0 aliphatic carbocycles. The van der Waals surface area contributed by atoms with Gasteiger partial charge in [-0.15, -0.1) is 0 Å². The summed E-state index contributed by atoms with van der Waals surface area (Å²) < 4.78 is 0. The molecule has 26 heavy (non-hydrogen) atoms. The Bertz CT molecular complexity index is 632. The van der Waals surface area contributed by atoms with Crippen LogP contribution in [-0.4, -0.2) is 77.0 Å². The molecule has 6 heteroatoms. The van der Waals surface area contributed by atoms with Crippen molar-refractivity contribution in [1.82, 2.24) is 14.7 Å². The summed E-state index contributed by atoms with van der Waals surface area (Å²) in [6, 6.07) is 8.12. The van der Waals surface area contributed by atoms with Crippen LogP contribution in [0.15, 0.2) is 24.3 Å². The number of carboxylic acids is 1. The molecule has 1 aromatic carbocycles. The molecule has 1 aromatic rings. The monoisotopic (exact) mass is 359 g/mol. The van der Waals surface area contributed by atoms with E-state index in [9.17, 15) is 14.7 Å². The largest absolute Gasteiger partial charge is 0.480 e. The van der Waals surface area contributed by atoms with Crippen LogP contribution >= 0.6 is 0 Å². The molecule has 2 aliphatic rings. The van der Waals surface area contributed by atoms with Crippen molar-refractivity contribution >= 4 is 11.9 Å². The summed E-state index contributed by atoms with van der Waals surface area (Å²) in [5.74, 6) is -0.745. The molecule has 0 unspecified atom stereocenters. The zero-order valence-electron chi connectivity index (χ0n) is 15.6. The first kappa shape index (κ1) is 18.9. The Morgan fingerprint density at radius 3 is 2.54 bits per heavy atom. The van der Waals surface area contributed by atoms with Crippen LogP contribution < -0.4 is 0 Å². The highest BCUT2D eigenvalue weighted by Crippen LogP contribution is 2.18. The van der Waals surface area contributed by atoms with Crippen molar-refractivity contribution in [3.63, 3.8) is 0 Å². The second-order valence-electron chi connectivity index (χ2n) is 7.46. The Kier molecular flexibility index (Phi) is 6.27. The predicted octanol–water partition coefficient (Wildman–Crippen LogP) is 1.58. The van der Waals surface area contributed by atoms with E-state index in [1.54, 1.807) is 0 Å². The fourth-order valence-electron chi connectivity index (χ4n) is 3.90. The van der Waals surface area contributed by atoms with E-state index in [4.69, 9.17) is 0 Å². The summed E-state index contributed by atoms with van der Waals surface area (Å²) in [5, 5.41) is 9.27. The van der Waals surface area contributed by atoms with E-state index >= 15 is 0 Å². The topological polar surface area (TPSA) is 64.1 Å². The van der Waals surface area contributed by atoms with Crippen LogP contribution in [0.25, 0.3) is 0 Å². The van der Waals surface area contributed by atoms with Crippen molar-refractivity contribution in [3.05, 3.63) is 35.4 Å². The summed E-state index contributed by atoms with van der Waals surface area (Å²) in [5.41, 5.74) is 2.57. The summed E-state index contributed by atoms with van der Waals surface area (Å²) in [6.45, 7) is 7.27. The molecule has 0 spiro atoms. The lowest BCUT2D eigenvalue weighted by atomic mass is 10.1. The first-order valence-corrected chi connectivity index (χ1v) is 9.55. The van der Waals surface area contributed by atoms with Gasteiger partial charge in [-0.25, -0.2) is 0 Å². The molecule has 1 N–H and O–H groups in total. The zero-order chi connectivity index (χ0) is 18.5. The smallest absolute Gasteiger partial charge is 0.320 e. The van der Waals surface area contributed by atoms with Crippen molar-refractivity contribution in [2.24, 2.45) is 0 Å². The average molecular weight is 359 g/mol. The van der Waals surface area contributed by atoms with E-state index < -0.39 is 12.0 Å². The lowest BCUT2D eigenvalue weighted by molar-refractivity contribution is -0.143. The Morgan fingerprint density at radius 1 is 1.04 bits per heavy atom. The van der Waals surface area contributed by atoms with Crippen LogP contribution in [0.3, 0.4) is 0 Å². The molecule has 142 valence electrons. The lowest BCUT2D eigenvalue weighted by Gasteiger charge is -2.26. The van der Waals surface area contributed by atoms with Crippen LogP contribution in [-0.2, 0) is 16.1 Å². The van der Waals surface area contributed by atoms with Gasteiger partial charge in [-0.05, 0) is 38.3 Å². The fourth-order valence-corrected chi connectivity index (χ4v) is 3.90. The van der Waals surface area contributed by atoms with Gasteiger partial charge in [0, 0.05) is 32.7 Å². The van der Waals surface area contributed by atoms with Crippen molar-refractivity contribution < 1.29 is 14.7 Å². The molecule has 6 nitrogen and oxygen atoms in total. The number of carboxylic acid groups (broad SMARTS) is 1. The third-order valence-electron chi connectivity index (χ3n) is 5.46. The molecule has 2 aliphatic heterocycles. The van der Waals surface area contributed by atoms with Gasteiger partial charge in [0.1, 0.15) is 6.04 Å². The van der Waals surface area contributed by atoms with Crippen molar-refractivity contribution in [2.45, 2.75) is 38.8 Å². The van der Waals surface area contributed by atoms with Crippen LogP contribution in [0.4, 0.5) is 0 Å². The highest BCUT2D eigenvalue weighted by Gasteiger charge is 2.32. The van der Waals surface area contributed by atoms with Gasteiger partial charge in [-0.3, -0.25) is 19.4 Å². The first-order valence-electron chi connectivity index (χ1n) is 9.55. The average Bonchev–Trinajstić information content (AvgIpc) is 2.95. The van der Waals surface area contributed by atoms with Gasteiger partial charge in [0.2, 0.25) is 5.91 Å². The van der Waals surface area contributed by atoms with E-state index in [2.05, 4.69) is 36.1 Å². The Balaban J connectivity index is 1.50. The molecular formula is C20H29N3O3. The second-order valence-corrected chi connectivity index (χ2v) is 7.46. The minimum atomic E-state index is -0.810. The minimum Gasteiger partial charge on any atom is -0.480 e. The number of nitrogens with zero attached hydrogens (tertiary/aromatic N) is 3. The maximum atomic E-state index is 12.7. The number of amides is 1. The predicted molar refractivity (Wildman–Crippen MR) is 99.9 cm³/mol. The molecule has 2 heterocycles. The van der Waals surface area contributed by atoms with E-state index in [1.807, 2.05) is 9.80 Å². The van der Waals surface area contributed by atoms with Crippen molar-refractivity contribution in [1.29, 1.82) is 0 Å². The summed E-state index contributed by atoms with van der Waals surface area (Å²) >= 11 is 0. The number of rotatable bonds is 5. The van der Waals surface area contributed by atoms with E-state index in [-0.39, 0.29) is 12.5 Å². The summed E-state index contributed by atoms with van der Waals surface area (Å²) in [6.07, 6.45) is 2.46. The quantitative estimate of drug-likeness (QED) is 0.865. The molecule has 1 atom stereocenters. The molecular weight excluding hydrogens is 330 g/mol. The molecule has 0 saturated carbocycles. The number of carbonyl (C=O) groups excluding carboxylic acids is 1. The highest BCUT2D eigenvalue weighted by molar-refractivity contribution is 5.80. The third kappa shape index (κ3) is 4.83. The number of carbonyl (C=O) groups is 2. The van der Waals surface area contributed by atoms with Crippen LogP contribution in [0.1, 0.15) is 30.4 Å². The van der Waals surface area contributed by atoms with Crippen LogP contribution in [0.5, 0.6) is 0 Å². The molecule has 0 bridgehead atoms. The fraction of sp³-hybridized carbons (Fsp3) is 0.600. The Hall–Kier alpha value is -1.92. The standard InChI is InChI=1S/C20H29N3O3/c1-16-5-7-17(8-6-16)14-21-9-3-11-22(13-12-21)19(24)15-23-10-2-4-18(23)20(25)26/h5-8,18H,2-4,9-15H2,1H3,(H,25,26)/t18-/m1/s1. The lowest BCUT2D eigenvalue weighted by Crippen LogP contribution is -2.45. The van der Waals surface area contributed by atoms with Crippen molar-refractivity contribution in [3.8, 4) is 0 Å².